The highest BCUT2D eigenvalue weighted by atomic mass is 79.9. The molecule has 11 heteroatoms. The number of furan rings is 1. The van der Waals surface area contributed by atoms with Crippen molar-refractivity contribution < 1.29 is 22.4 Å². The second kappa shape index (κ2) is 12.4. The van der Waals surface area contributed by atoms with E-state index in [-0.39, 0.29) is 23.1 Å². The van der Waals surface area contributed by atoms with E-state index in [1.54, 1.807) is 42.5 Å². The number of nitrogens with one attached hydrogen (secondary N) is 1. The summed E-state index contributed by atoms with van der Waals surface area (Å²) in [5, 5.41) is 3.63. The summed E-state index contributed by atoms with van der Waals surface area (Å²) in [5.41, 5.74) is 2.48. The number of aryl methyl sites for hydroxylation is 1. The fourth-order valence-corrected chi connectivity index (χ4v) is 6.59. The van der Waals surface area contributed by atoms with E-state index in [9.17, 15) is 13.2 Å². The van der Waals surface area contributed by atoms with Gasteiger partial charge >= 0.3 is 0 Å². The molecule has 1 amide bonds. The van der Waals surface area contributed by atoms with Crippen LogP contribution in [0.3, 0.4) is 0 Å². The zero-order chi connectivity index (χ0) is 28.3. The molecule has 1 fully saturated rings. The van der Waals surface area contributed by atoms with Crippen molar-refractivity contribution in [2.45, 2.75) is 18.4 Å². The Morgan fingerprint density at radius 2 is 1.62 bits per heavy atom. The maximum Gasteiger partial charge on any atom is 0.287 e. The average Bonchev–Trinajstić information content (AvgIpc) is 3.29. The maximum absolute atomic E-state index is 13.9. The lowest BCUT2D eigenvalue weighted by molar-refractivity contribution is 0.0382. The molecule has 5 rings (SSSR count). The van der Waals surface area contributed by atoms with Crippen LogP contribution in [0, 0.1) is 6.92 Å². The predicted octanol–water partition coefficient (Wildman–Crippen LogP) is 5.72. The summed E-state index contributed by atoms with van der Waals surface area (Å²) >= 11 is 6.81. The summed E-state index contributed by atoms with van der Waals surface area (Å²) in [7, 11) is -3.92. The van der Waals surface area contributed by atoms with E-state index in [2.05, 4.69) is 42.1 Å². The largest absolute Gasteiger partial charge is 0.451 e. The number of anilines is 1. The van der Waals surface area contributed by atoms with Crippen LogP contribution in [0.5, 0.6) is 0 Å². The van der Waals surface area contributed by atoms with Gasteiger partial charge in [-0.2, -0.15) is 0 Å². The van der Waals surface area contributed by atoms with Crippen molar-refractivity contribution in [3.05, 3.63) is 92.6 Å². The van der Waals surface area contributed by atoms with Crippen LogP contribution < -0.4 is 9.62 Å². The molecule has 0 spiro atoms. The number of carbonyl (C=O) groups is 1. The van der Waals surface area contributed by atoms with Gasteiger partial charge in [0.15, 0.2) is 5.76 Å². The molecule has 0 atom stereocenters. The van der Waals surface area contributed by atoms with Crippen molar-refractivity contribution >= 4 is 64.4 Å². The van der Waals surface area contributed by atoms with Crippen LogP contribution in [0.15, 0.2) is 85.0 Å². The lowest BCUT2D eigenvalue weighted by atomic mass is 10.1. The first-order valence-corrected chi connectivity index (χ1v) is 15.9. The Labute approximate surface area is 250 Å². The van der Waals surface area contributed by atoms with E-state index in [4.69, 9.17) is 9.15 Å². The van der Waals surface area contributed by atoms with Gasteiger partial charge in [-0.15, -0.1) is 0 Å². The summed E-state index contributed by atoms with van der Waals surface area (Å²) in [4.78, 5) is 15.4. The van der Waals surface area contributed by atoms with Crippen molar-refractivity contribution in [3.63, 3.8) is 0 Å². The number of carbonyl (C=O) groups excluding carboxylic acids is 1. The zero-order valence-corrected chi connectivity index (χ0v) is 25.9. The number of rotatable bonds is 9. The molecule has 1 aliphatic rings. The predicted molar refractivity (Wildman–Crippen MR) is 162 cm³/mol. The fourth-order valence-electron chi connectivity index (χ4n) is 4.62. The highest BCUT2D eigenvalue weighted by molar-refractivity contribution is 9.10. The van der Waals surface area contributed by atoms with Crippen LogP contribution in [0.4, 0.5) is 5.69 Å². The number of benzene rings is 3. The van der Waals surface area contributed by atoms with Gasteiger partial charge in [0.25, 0.3) is 15.9 Å². The van der Waals surface area contributed by atoms with Crippen LogP contribution in [-0.4, -0.2) is 58.6 Å². The molecule has 2 heterocycles. The smallest absolute Gasteiger partial charge is 0.287 e. The number of morpholine rings is 1. The molecular weight excluding hydrogens is 662 g/mol. The minimum absolute atomic E-state index is 0.128. The lowest BCUT2D eigenvalue weighted by Gasteiger charge is -2.26. The van der Waals surface area contributed by atoms with Crippen molar-refractivity contribution in [2.75, 3.05) is 43.7 Å². The standard InChI is InChI=1S/C29H29Br2N3O5S/c1-20-26-18-24(8-11-27(26)39-28(20)29(35)32-12-13-33-14-16-38-17-15-33)34(19-21-2-4-22(30)5-3-21)40(36,37)25-9-6-23(31)7-10-25/h2-11,18H,12-17,19H2,1H3,(H,32,35). The summed E-state index contributed by atoms with van der Waals surface area (Å²) in [6.45, 7) is 6.28. The molecule has 3 aromatic carbocycles. The van der Waals surface area contributed by atoms with Gasteiger partial charge in [-0.25, -0.2) is 8.42 Å². The van der Waals surface area contributed by atoms with Crippen LogP contribution in [-0.2, 0) is 21.3 Å². The monoisotopic (exact) mass is 689 g/mol. The third-order valence-corrected chi connectivity index (χ3v) is 9.72. The minimum atomic E-state index is -3.92. The molecule has 1 aromatic heterocycles. The van der Waals surface area contributed by atoms with E-state index in [1.165, 1.54) is 4.31 Å². The molecule has 1 aliphatic heterocycles. The second-order valence-electron chi connectivity index (χ2n) is 9.54. The highest BCUT2D eigenvalue weighted by Gasteiger charge is 2.27. The van der Waals surface area contributed by atoms with Gasteiger partial charge in [0.1, 0.15) is 5.58 Å². The van der Waals surface area contributed by atoms with Gasteiger partial charge in [-0.05, 0) is 67.1 Å². The molecular formula is C29H29Br2N3O5S. The first-order valence-electron chi connectivity index (χ1n) is 12.9. The second-order valence-corrected chi connectivity index (χ2v) is 13.2. The molecule has 1 N–H and O–H groups in total. The number of halogens is 2. The average molecular weight is 691 g/mol. The molecule has 40 heavy (non-hydrogen) atoms. The van der Waals surface area contributed by atoms with Crippen LogP contribution in [0.25, 0.3) is 11.0 Å². The Bertz CT molecular complexity index is 1600. The first-order chi connectivity index (χ1) is 19.2. The summed E-state index contributed by atoms with van der Waals surface area (Å²) in [5.74, 6) is -0.0675. The molecule has 8 nitrogen and oxygen atoms in total. The van der Waals surface area contributed by atoms with Crippen molar-refractivity contribution in [2.24, 2.45) is 0 Å². The van der Waals surface area contributed by atoms with E-state index in [0.29, 0.717) is 42.0 Å². The van der Waals surface area contributed by atoms with E-state index in [1.807, 2.05) is 31.2 Å². The van der Waals surface area contributed by atoms with Crippen LogP contribution >= 0.6 is 31.9 Å². The molecule has 0 unspecified atom stereocenters. The first kappa shape index (κ1) is 28.8. The van der Waals surface area contributed by atoms with Crippen molar-refractivity contribution in [3.8, 4) is 0 Å². The van der Waals surface area contributed by atoms with E-state index < -0.39 is 10.0 Å². The van der Waals surface area contributed by atoms with Crippen molar-refractivity contribution in [1.29, 1.82) is 0 Å². The highest BCUT2D eigenvalue weighted by Crippen LogP contribution is 2.33. The van der Waals surface area contributed by atoms with E-state index >= 15 is 0 Å². The Kier molecular flexibility index (Phi) is 8.96. The maximum atomic E-state index is 13.9. The fraction of sp³-hybridized carbons (Fsp3) is 0.276. The summed E-state index contributed by atoms with van der Waals surface area (Å²) in [6, 6.07) is 19.3. The Morgan fingerprint density at radius 1 is 0.975 bits per heavy atom. The molecule has 0 bridgehead atoms. The van der Waals surface area contributed by atoms with Gasteiger partial charge in [0.2, 0.25) is 0 Å². The van der Waals surface area contributed by atoms with Crippen LogP contribution in [0.1, 0.15) is 21.7 Å². The zero-order valence-electron chi connectivity index (χ0n) is 21.9. The molecule has 210 valence electrons. The third kappa shape index (κ3) is 6.44. The number of fused-ring (bicyclic) bond motifs is 1. The molecule has 0 saturated carbocycles. The Hall–Kier alpha value is -2.70. The number of amides is 1. The molecule has 1 saturated heterocycles. The van der Waals surface area contributed by atoms with Crippen LogP contribution in [0.2, 0.25) is 0 Å². The number of nitrogens with zero attached hydrogens (tertiary/aromatic N) is 2. The summed E-state index contributed by atoms with van der Waals surface area (Å²) < 4.78 is 42.2. The number of ether oxygens (including phenoxy) is 1. The normalized spacial score (nSPS) is 14.4. The summed E-state index contributed by atoms with van der Waals surface area (Å²) in [6.07, 6.45) is 0. The van der Waals surface area contributed by atoms with E-state index in [0.717, 1.165) is 34.1 Å². The van der Waals surface area contributed by atoms with Gasteiger partial charge in [0.05, 0.1) is 30.3 Å². The SMILES string of the molecule is Cc1c(C(=O)NCCN2CCOCC2)oc2ccc(N(Cc3ccc(Br)cc3)S(=O)(=O)c3ccc(Br)cc3)cc12. The Morgan fingerprint density at radius 3 is 2.30 bits per heavy atom. The Balaban J connectivity index is 1.44. The quantitative estimate of drug-likeness (QED) is 0.242. The third-order valence-electron chi connectivity index (χ3n) is 6.87. The van der Waals surface area contributed by atoms with Gasteiger partial charge in [0, 0.05) is 46.1 Å². The molecule has 0 aliphatic carbocycles. The van der Waals surface area contributed by atoms with Crippen molar-refractivity contribution in [1.82, 2.24) is 10.2 Å². The molecule has 0 radical (unpaired) electrons. The topological polar surface area (TPSA) is 92.1 Å². The number of sulfonamides is 1. The minimum Gasteiger partial charge on any atom is -0.451 e. The van der Waals surface area contributed by atoms with Gasteiger partial charge in [-0.1, -0.05) is 44.0 Å². The number of hydrogen-bond donors (Lipinski definition) is 1. The lowest BCUT2D eigenvalue weighted by Crippen LogP contribution is -2.41. The number of hydrogen-bond acceptors (Lipinski definition) is 6. The van der Waals surface area contributed by atoms with Gasteiger partial charge in [-0.3, -0.25) is 14.0 Å². The molecule has 4 aromatic rings. The van der Waals surface area contributed by atoms with Gasteiger partial charge < -0.3 is 14.5 Å².